The Balaban J connectivity index is 1.59. The van der Waals surface area contributed by atoms with Gasteiger partial charge in [-0.15, -0.1) is 0 Å². The normalized spacial score (nSPS) is 18.7. The van der Waals surface area contributed by atoms with Gasteiger partial charge in [0.25, 0.3) is 0 Å². The van der Waals surface area contributed by atoms with Gasteiger partial charge in [0.05, 0.1) is 24.7 Å². The molecule has 2 aliphatic heterocycles. The van der Waals surface area contributed by atoms with Gasteiger partial charge in [0.2, 0.25) is 15.9 Å². The predicted octanol–water partition coefficient (Wildman–Crippen LogP) is 1.46. The van der Waals surface area contributed by atoms with Gasteiger partial charge < -0.3 is 19.7 Å². The van der Waals surface area contributed by atoms with Crippen molar-refractivity contribution < 1.29 is 22.7 Å². The summed E-state index contributed by atoms with van der Waals surface area (Å²) in [5, 5.41) is 2.97. The summed E-state index contributed by atoms with van der Waals surface area (Å²) in [6.45, 7) is 7.00. The molecule has 0 atom stereocenters. The van der Waals surface area contributed by atoms with Gasteiger partial charge in [0.15, 0.2) is 11.5 Å². The van der Waals surface area contributed by atoms with Gasteiger partial charge in [-0.2, -0.15) is 4.31 Å². The van der Waals surface area contributed by atoms with Gasteiger partial charge in [-0.3, -0.25) is 4.79 Å². The molecule has 1 fully saturated rings. The van der Waals surface area contributed by atoms with Crippen molar-refractivity contribution in [2.45, 2.75) is 50.1 Å². The zero-order valence-electron chi connectivity index (χ0n) is 17.4. The first-order valence-corrected chi connectivity index (χ1v) is 11.6. The fourth-order valence-electron chi connectivity index (χ4n) is 3.60. The lowest BCUT2D eigenvalue weighted by molar-refractivity contribution is -0.122. The number of carbonyl (C=O) groups excluding carboxylic acids is 1. The predicted molar refractivity (Wildman–Crippen MR) is 110 cm³/mol. The number of hydrogen-bond acceptors (Lipinski definition) is 6. The molecule has 2 heterocycles. The smallest absolute Gasteiger partial charge is 0.243 e. The first-order chi connectivity index (χ1) is 13.8. The lowest BCUT2D eigenvalue weighted by Gasteiger charge is -2.35. The topological polar surface area (TPSA) is 88.2 Å². The Morgan fingerprint density at radius 2 is 1.86 bits per heavy atom. The van der Waals surface area contributed by atoms with Crippen LogP contribution in [0.2, 0.25) is 0 Å². The minimum absolute atomic E-state index is 0.0855. The van der Waals surface area contributed by atoms with Crippen molar-refractivity contribution in [2.75, 3.05) is 39.9 Å². The molecule has 0 saturated carbocycles. The number of carbonyl (C=O) groups is 1. The Morgan fingerprint density at radius 3 is 2.52 bits per heavy atom. The Hall–Kier alpha value is -1.84. The number of hydrogen-bond donors (Lipinski definition) is 1. The number of sulfonamides is 1. The Morgan fingerprint density at radius 1 is 1.21 bits per heavy atom. The largest absolute Gasteiger partial charge is 0.490 e. The van der Waals surface area contributed by atoms with Gasteiger partial charge >= 0.3 is 0 Å². The molecule has 29 heavy (non-hydrogen) atoms. The van der Waals surface area contributed by atoms with Crippen LogP contribution in [0.1, 0.15) is 33.1 Å². The van der Waals surface area contributed by atoms with E-state index in [9.17, 15) is 13.2 Å². The number of ether oxygens (including phenoxy) is 2. The molecule has 1 N–H and O–H groups in total. The van der Waals surface area contributed by atoms with Crippen molar-refractivity contribution in [3.05, 3.63) is 18.2 Å². The summed E-state index contributed by atoms with van der Waals surface area (Å²) in [7, 11) is -2.40. The van der Waals surface area contributed by atoms with Crippen LogP contribution in [-0.2, 0) is 14.8 Å². The highest BCUT2D eigenvalue weighted by Crippen LogP contribution is 2.32. The molecule has 0 aliphatic carbocycles. The highest BCUT2D eigenvalue weighted by Gasteiger charge is 2.27. The number of likely N-dealkylation sites (N-methyl/N-ethyl adjacent to an activating group) is 1. The molecule has 1 amide bonds. The van der Waals surface area contributed by atoms with E-state index in [0.717, 1.165) is 36.7 Å². The van der Waals surface area contributed by atoms with Crippen LogP contribution in [0.5, 0.6) is 11.5 Å². The molecule has 162 valence electrons. The molecular formula is C20H31N3O5S. The van der Waals surface area contributed by atoms with E-state index in [1.54, 1.807) is 6.07 Å². The van der Waals surface area contributed by atoms with Crippen LogP contribution < -0.4 is 14.8 Å². The van der Waals surface area contributed by atoms with E-state index in [0.29, 0.717) is 30.8 Å². The van der Waals surface area contributed by atoms with Gasteiger partial charge in [0.1, 0.15) is 0 Å². The molecule has 0 radical (unpaired) electrons. The van der Waals surface area contributed by atoms with E-state index in [-0.39, 0.29) is 23.4 Å². The molecule has 1 aromatic carbocycles. The Bertz CT molecular complexity index is 819. The molecule has 0 bridgehead atoms. The number of amides is 1. The van der Waals surface area contributed by atoms with Crippen LogP contribution in [-0.4, -0.2) is 75.5 Å². The third-order valence-electron chi connectivity index (χ3n) is 5.42. The van der Waals surface area contributed by atoms with Gasteiger partial charge in [0, 0.05) is 44.7 Å². The van der Waals surface area contributed by atoms with Gasteiger partial charge in [-0.1, -0.05) is 0 Å². The minimum atomic E-state index is -3.81. The number of likely N-dealkylation sites (tertiary alicyclic amines) is 1. The summed E-state index contributed by atoms with van der Waals surface area (Å²) < 4.78 is 38.0. The standard InChI is InChI=1S/C20H31N3O5S/c1-15(2)23-9-7-16(8-10-23)21-20(24)14-22(3)29(25,26)17-5-6-18-19(13-17)28-12-4-11-27-18/h5-6,13,15-16H,4,7-12,14H2,1-3H3,(H,21,24). The summed E-state index contributed by atoms with van der Waals surface area (Å²) in [5.74, 6) is 0.668. The number of rotatable bonds is 6. The molecule has 0 aromatic heterocycles. The van der Waals surface area contributed by atoms with Crippen LogP contribution in [0.4, 0.5) is 0 Å². The summed E-state index contributed by atoms with van der Waals surface area (Å²) >= 11 is 0. The van der Waals surface area contributed by atoms with Crippen molar-refractivity contribution in [3.63, 3.8) is 0 Å². The highest BCUT2D eigenvalue weighted by atomic mass is 32.2. The number of fused-ring (bicyclic) bond motifs is 1. The average Bonchev–Trinajstić information content (AvgIpc) is 2.93. The van der Waals surface area contributed by atoms with E-state index in [4.69, 9.17) is 9.47 Å². The molecule has 2 aliphatic rings. The minimum Gasteiger partial charge on any atom is -0.490 e. The van der Waals surface area contributed by atoms with Crippen LogP contribution in [0.3, 0.4) is 0 Å². The lowest BCUT2D eigenvalue weighted by atomic mass is 10.0. The van der Waals surface area contributed by atoms with Crippen molar-refractivity contribution in [2.24, 2.45) is 0 Å². The SMILES string of the molecule is CC(C)N1CCC(NC(=O)CN(C)S(=O)(=O)c2ccc3c(c2)OCCCO3)CC1. The molecule has 8 nitrogen and oxygen atoms in total. The van der Waals surface area contributed by atoms with Crippen molar-refractivity contribution in [1.29, 1.82) is 0 Å². The number of nitrogens with zero attached hydrogens (tertiary/aromatic N) is 2. The van der Waals surface area contributed by atoms with E-state index in [2.05, 4.69) is 24.1 Å². The number of benzene rings is 1. The molecule has 9 heteroatoms. The summed E-state index contributed by atoms with van der Waals surface area (Å²) in [6, 6.07) is 5.14. The fraction of sp³-hybridized carbons (Fsp3) is 0.650. The second-order valence-corrected chi connectivity index (χ2v) is 9.94. The quantitative estimate of drug-likeness (QED) is 0.742. The van der Waals surface area contributed by atoms with Gasteiger partial charge in [-0.25, -0.2) is 8.42 Å². The molecule has 0 spiro atoms. The maximum Gasteiger partial charge on any atom is 0.243 e. The summed E-state index contributed by atoms with van der Waals surface area (Å²) in [5.41, 5.74) is 0. The van der Waals surface area contributed by atoms with Crippen molar-refractivity contribution >= 4 is 15.9 Å². The maximum atomic E-state index is 12.9. The molecule has 3 rings (SSSR count). The second-order valence-electron chi connectivity index (χ2n) is 7.89. The molecule has 1 saturated heterocycles. The first-order valence-electron chi connectivity index (χ1n) is 10.2. The Kier molecular flexibility index (Phi) is 7.02. The second kappa shape index (κ2) is 9.32. The van der Waals surface area contributed by atoms with E-state index in [1.165, 1.54) is 19.2 Å². The highest BCUT2D eigenvalue weighted by molar-refractivity contribution is 7.89. The van der Waals surface area contributed by atoms with Crippen molar-refractivity contribution in [3.8, 4) is 11.5 Å². The van der Waals surface area contributed by atoms with Crippen LogP contribution >= 0.6 is 0 Å². The molecule has 0 unspecified atom stereocenters. The van der Waals surface area contributed by atoms with E-state index in [1.807, 2.05) is 0 Å². The zero-order valence-corrected chi connectivity index (χ0v) is 18.2. The molecular weight excluding hydrogens is 394 g/mol. The third-order valence-corrected chi connectivity index (χ3v) is 7.22. The van der Waals surface area contributed by atoms with E-state index < -0.39 is 10.0 Å². The summed E-state index contributed by atoms with van der Waals surface area (Å²) in [4.78, 5) is 14.9. The van der Waals surface area contributed by atoms with Crippen molar-refractivity contribution in [1.82, 2.24) is 14.5 Å². The zero-order chi connectivity index (χ0) is 21.0. The lowest BCUT2D eigenvalue weighted by Crippen LogP contribution is -2.48. The molecule has 1 aromatic rings. The van der Waals surface area contributed by atoms with Crippen LogP contribution in [0.15, 0.2) is 23.1 Å². The number of piperidine rings is 1. The van der Waals surface area contributed by atoms with Crippen LogP contribution in [0.25, 0.3) is 0 Å². The van der Waals surface area contributed by atoms with E-state index >= 15 is 0 Å². The Labute approximate surface area is 173 Å². The monoisotopic (exact) mass is 425 g/mol. The fourth-order valence-corrected chi connectivity index (χ4v) is 4.75. The van der Waals surface area contributed by atoms with Crippen LogP contribution in [0, 0.1) is 0 Å². The number of nitrogens with one attached hydrogen (secondary N) is 1. The first kappa shape index (κ1) is 21.9. The summed E-state index contributed by atoms with van der Waals surface area (Å²) in [6.07, 6.45) is 2.50. The maximum absolute atomic E-state index is 12.9. The average molecular weight is 426 g/mol. The van der Waals surface area contributed by atoms with Gasteiger partial charge in [-0.05, 0) is 38.8 Å². The third kappa shape index (κ3) is 5.40.